The van der Waals surface area contributed by atoms with Crippen LogP contribution in [0.2, 0.25) is 0 Å². The highest BCUT2D eigenvalue weighted by atomic mass is 32.1. The van der Waals surface area contributed by atoms with Gasteiger partial charge in [0.2, 0.25) is 0 Å². The highest BCUT2D eigenvalue weighted by molar-refractivity contribution is 7.18. The molecule has 0 aliphatic carbocycles. The first-order chi connectivity index (χ1) is 9.97. The van der Waals surface area contributed by atoms with Gasteiger partial charge in [0, 0.05) is 25.7 Å². The average molecular weight is 313 g/mol. The van der Waals surface area contributed by atoms with Gasteiger partial charge in [-0.25, -0.2) is 4.98 Å². The number of hydrogen-bond donors (Lipinski definition) is 4. The number of amides is 1. The molecule has 2 heterocycles. The molecule has 0 saturated carbocycles. The van der Waals surface area contributed by atoms with E-state index in [4.69, 9.17) is 11.5 Å². The van der Waals surface area contributed by atoms with Crippen molar-refractivity contribution in [3.63, 3.8) is 0 Å². The molecule has 0 radical (unpaired) electrons. The lowest BCUT2D eigenvalue weighted by Gasteiger charge is -2.30. The molecule has 118 valence electrons. The number of aromatic nitrogens is 1. The van der Waals surface area contributed by atoms with E-state index in [-0.39, 0.29) is 17.8 Å². The second kappa shape index (κ2) is 7.06. The Morgan fingerprint density at radius 3 is 3.10 bits per heavy atom. The highest BCUT2D eigenvalue weighted by Gasteiger charge is 2.23. The van der Waals surface area contributed by atoms with Crippen LogP contribution in [0.4, 0.5) is 10.9 Å². The first-order valence-corrected chi connectivity index (χ1v) is 8.02. The van der Waals surface area contributed by atoms with Gasteiger partial charge in [0.05, 0.1) is 6.10 Å². The molecule has 0 spiro atoms. The van der Waals surface area contributed by atoms with Gasteiger partial charge in [0.15, 0.2) is 5.13 Å². The van der Waals surface area contributed by atoms with E-state index in [9.17, 15) is 9.90 Å². The quantitative estimate of drug-likeness (QED) is 0.615. The molecule has 2 rings (SSSR count). The SMILES string of the molecule is CC(O)CCNC(=O)c1sc(N2CCCC(N)C2)nc1N. The van der Waals surface area contributed by atoms with E-state index in [0.717, 1.165) is 31.1 Å². The Bertz CT molecular complexity index is 491. The van der Waals surface area contributed by atoms with E-state index in [0.29, 0.717) is 17.8 Å². The molecule has 1 fully saturated rings. The predicted molar refractivity (Wildman–Crippen MR) is 84.6 cm³/mol. The van der Waals surface area contributed by atoms with Gasteiger partial charge in [-0.2, -0.15) is 0 Å². The van der Waals surface area contributed by atoms with E-state index < -0.39 is 6.10 Å². The van der Waals surface area contributed by atoms with Crippen molar-refractivity contribution in [3.05, 3.63) is 4.88 Å². The Kier molecular flexibility index (Phi) is 5.38. The maximum atomic E-state index is 12.1. The lowest BCUT2D eigenvalue weighted by atomic mass is 10.1. The van der Waals surface area contributed by atoms with Gasteiger partial charge in [0.25, 0.3) is 5.91 Å². The summed E-state index contributed by atoms with van der Waals surface area (Å²) < 4.78 is 0. The van der Waals surface area contributed by atoms with Crippen molar-refractivity contribution in [1.82, 2.24) is 10.3 Å². The third-order valence-electron chi connectivity index (χ3n) is 3.42. The zero-order valence-electron chi connectivity index (χ0n) is 12.2. The van der Waals surface area contributed by atoms with Gasteiger partial charge in [-0.05, 0) is 26.2 Å². The summed E-state index contributed by atoms with van der Waals surface area (Å²) in [5.74, 6) is 0.0156. The van der Waals surface area contributed by atoms with Crippen molar-refractivity contribution in [1.29, 1.82) is 0 Å². The summed E-state index contributed by atoms with van der Waals surface area (Å²) in [6.07, 6.45) is 2.12. The van der Waals surface area contributed by atoms with Crippen LogP contribution in [-0.4, -0.2) is 47.8 Å². The van der Waals surface area contributed by atoms with Gasteiger partial charge >= 0.3 is 0 Å². The van der Waals surface area contributed by atoms with Crippen LogP contribution in [0.25, 0.3) is 0 Å². The fourth-order valence-electron chi connectivity index (χ4n) is 2.28. The molecule has 1 aromatic heterocycles. The molecule has 1 amide bonds. The van der Waals surface area contributed by atoms with E-state index in [1.165, 1.54) is 11.3 Å². The standard InChI is InChI=1S/C13H23N5O2S/c1-8(19)4-5-16-12(20)10-11(15)17-13(21-10)18-6-2-3-9(14)7-18/h8-9,19H,2-7,14-15H2,1H3,(H,16,20). The zero-order valence-corrected chi connectivity index (χ0v) is 13.0. The third-order valence-corrected chi connectivity index (χ3v) is 4.56. The lowest BCUT2D eigenvalue weighted by molar-refractivity contribution is 0.0950. The van der Waals surface area contributed by atoms with E-state index in [1.54, 1.807) is 6.92 Å². The molecule has 2 unspecified atom stereocenters. The number of anilines is 2. The molecule has 1 saturated heterocycles. The molecule has 6 N–H and O–H groups in total. The summed E-state index contributed by atoms with van der Waals surface area (Å²) in [7, 11) is 0. The van der Waals surface area contributed by atoms with E-state index in [1.807, 2.05) is 0 Å². The lowest BCUT2D eigenvalue weighted by Crippen LogP contribution is -2.42. The van der Waals surface area contributed by atoms with Gasteiger partial charge < -0.3 is 26.8 Å². The number of nitrogens with one attached hydrogen (secondary N) is 1. The molecular weight excluding hydrogens is 290 g/mol. The highest BCUT2D eigenvalue weighted by Crippen LogP contribution is 2.29. The number of rotatable bonds is 5. The minimum Gasteiger partial charge on any atom is -0.393 e. The molecular formula is C13H23N5O2S. The predicted octanol–water partition coefficient (Wildman–Crippen LogP) is 0.154. The van der Waals surface area contributed by atoms with Crippen molar-refractivity contribution < 1.29 is 9.90 Å². The normalized spacial score (nSPS) is 20.3. The van der Waals surface area contributed by atoms with Crippen LogP contribution in [0.15, 0.2) is 0 Å². The number of nitrogen functional groups attached to an aromatic ring is 1. The number of thiazole rings is 1. The number of carbonyl (C=O) groups is 1. The summed E-state index contributed by atoms with van der Waals surface area (Å²) in [6, 6.07) is 0.146. The first-order valence-electron chi connectivity index (χ1n) is 7.20. The minimum atomic E-state index is -0.436. The first kappa shape index (κ1) is 16.0. The summed E-state index contributed by atoms with van der Waals surface area (Å²) >= 11 is 1.29. The van der Waals surface area contributed by atoms with Crippen molar-refractivity contribution in [3.8, 4) is 0 Å². The number of hydrogen-bond acceptors (Lipinski definition) is 7. The van der Waals surface area contributed by atoms with Crippen molar-refractivity contribution in [2.24, 2.45) is 5.73 Å². The maximum Gasteiger partial charge on any atom is 0.265 e. The second-order valence-corrected chi connectivity index (χ2v) is 6.43. The number of nitrogens with zero attached hydrogens (tertiary/aromatic N) is 2. The van der Waals surface area contributed by atoms with Gasteiger partial charge in [-0.3, -0.25) is 4.79 Å². The van der Waals surface area contributed by atoms with Crippen LogP contribution >= 0.6 is 11.3 Å². The number of piperidine rings is 1. The molecule has 8 heteroatoms. The van der Waals surface area contributed by atoms with Crippen molar-refractivity contribution in [2.75, 3.05) is 30.3 Å². The number of aliphatic hydroxyl groups is 1. The van der Waals surface area contributed by atoms with Crippen LogP contribution in [0, 0.1) is 0 Å². The largest absolute Gasteiger partial charge is 0.393 e. The van der Waals surface area contributed by atoms with Crippen molar-refractivity contribution >= 4 is 28.2 Å². The monoisotopic (exact) mass is 313 g/mol. The topological polar surface area (TPSA) is 118 Å². The van der Waals surface area contributed by atoms with Gasteiger partial charge in [0.1, 0.15) is 10.7 Å². The Morgan fingerprint density at radius 1 is 1.67 bits per heavy atom. The van der Waals surface area contributed by atoms with Crippen LogP contribution in [0.3, 0.4) is 0 Å². The fourth-order valence-corrected chi connectivity index (χ4v) is 3.21. The number of nitrogens with two attached hydrogens (primary N) is 2. The minimum absolute atomic E-state index is 0.146. The summed E-state index contributed by atoms with van der Waals surface area (Å²) in [5, 5.41) is 12.7. The Balaban J connectivity index is 1.99. The average Bonchev–Trinajstić information content (AvgIpc) is 2.80. The molecule has 1 aliphatic heterocycles. The van der Waals surface area contributed by atoms with E-state index in [2.05, 4.69) is 15.2 Å². The van der Waals surface area contributed by atoms with Crippen LogP contribution in [0.1, 0.15) is 35.9 Å². The Morgan fingerprint density at radius 2 is 2.43 bits per heavy atom. The molecule has 1 aromatic rings. The number of carbonyl (C=O) groups excluding carboxylic acids is 1. The number of aliphatic hydroxyl groups excluding tert-OH is 1. The summed E-state index contributed by atoms with van der Waals surface area (Å²) in [5.41, 5.74) is 11.8. The molecule has 7 nitrogen and oxygen atoms in total. The molecule has 21 heavy (non-hydrogen) atoms. The summed E-state index contributed by atoms with van der Waals surface area (Å²) in [6.45, 7) is 3.74. The molecule has 0 aromatic carbocycles. The maximum absolute atomic E-state index is 12.1. The Hall–Kier alpha value is -1.38. The smallest absolute Gasteiger partial charge is 0.265 e. The van der Waals surface area contributed by atoms with Crippen LogP contribution in [-0.2, 0) is 0 Å². The summed E-state index contributed by atoms with van der Waals surface area (Å²) in [4.78, 5) is 18.9. The molecule has 1 aliphatic rings. The second-order valence-electron chi connectivity index (χ2n) is 5.45. The Labute approximate surface area is 128 Å². The van der Waals surface area contributed by atoms with Crippen LogP contribution < -0.4 is 21.7 Å². The molecule has 2 atom stereocenters. The molecule has 0 bridgehead atoms. The van der Waals surface area contributed by atoms with Gasteiger partial charge in [-0.1, -0.05) is 11.3 Å². The van der Waals surface area contributed by atoms with E-state index >= 15 is 0 Å². The van der Waals surface area contributed by atoms with Gasteiger partial charge in [-0.15, -0.1) is 0 Å². The zero-order chi connectivity index (χ0) is 15.4. The van der Waals surface area contributed by atoms with Crippen LogP contribution in [0.5, 0.6) is 0 Å². The van der Waals surface area contributed by atoms with Crippen molar-refractivity contribution in [2.45, 2.75) is 38.3 Å². The third kappa shape index (κ3) is 4.29. The fraction of sp³-hybridized carbons (Fsp3) is 0.692.